The molecule has 2 aromatic heterocycles. The Morgan fingerprint density at radius 2 is 2.12 bits per heavy atom. The monoisotopic (exact) mass is 257 g/mol. The van der Waals surface area contributed by atoms with Crippen LogP contribution in [0.5, 0.6) is 0 Å². The molecular formula is C10H9Cl2N3O. The molecule has 0 spiro atoms. The average molecular weight is 258 g/mol. The molecule has 0 aliphatic carbocycles. The first kappa shape index (κ1) is 11.2. The Morgan fingerprint density at radius 3 is 2.75 bits per heavy atom. The fourth-order valence-corrected chi connectivity index (χ4v) is 1.63. The van der Waals surface area contributed by atoms with Gasteiger partial charge in [-0.3, -0.25) is 0 Å². The molecular weight excluding hydrogens is 249 g/mol. The SMILES string of the molecule is Cc1cnc(CNc2ncc(Cl)cc2Cl)o1. The third kappa shape index (κ3) is 2.65. The second-order valence-corrected chi connectivity index (χ2v) is 4.05. The second kappa shape index (κ2) is 4.72. The zero-order valence-corrected chi connectivity index (χ0v) is 10.0. The quantitative estimate of drug-likeness (QED) is 0.917. The van der Waals surface area contributed by atoms with Crippen molar-refractivity contribution in [1.29, 1.82) is 0 Å². The average Bonchev–Trinajstić information content (AvgIpc) is 2.63. The third-order valence-corrected chi connectivity index (χ3v) is 2.38. The van der Waals surface area contributed by atoms with Gasteiger partial charge in [0.25, 0.3) is 0 Å². The Kier molecular flexibility index (Phi) is 3.31. The lowest BCUT2D eigenvalue weighted by Crippen LogP contribution is -2.01. The van der Waals surface area contributed by atoms with Gasteiger partial charge < -0.3 is 9.73 Å². The van der Waals surface area contributed by atoms with Gasteiger partial charge in [0.15, 0.2) is 0 Å². The minimum atomic E-state index is 0.433. The van der Waals surface area contributed by atoms with Gasteiger partial charge in [0.2, 0.25) is 5.89 Å². The first-order valence-electron chi connectivity index (χ1n) is 4.61. The summed E-state index contributed by atoms with van der Waals surface area (Å²) in [6, 6.07) is 1.62. The molecule has 0 amide bonds. The predicted octanol–water partition coefficient (Wildman–Crippen LogP) is 3.30. The summed E-state index contributed by atoms with van der Waals surface area (Å²) >= 11 is 11.7. The lowest BCUT2D eigenvalue weighted by Gasteiger charge is -2.04. The maximum atomic E-state index is 5.94. The molecule has 0 aliphatic rings. The van der Waals surface area contributed by atoms with Gasteiger partial charge in [-0.25, -0.2) is 9.97 Å². The Bertz CT molecular complexity index is 499. The van der Waals surface area contributed by atoms with E-state index in [1.807, 2.05) is 6.92 Å². The summed E-state index contributed by atoms with van der Waals surface area (Å²) in [5, 5.41) is 3.98. The number of rotatable bonds is 3. The lowest BCUT2D eigenvalue weighted by molar-refractivity contribution is 0.479. The molecule has 2 aromatic rings. The zero-order chi connectivity index (χ0) is 11.5. The number of pyridine rings is 1. The Labute approximate surface area is 103 Å². The molecule has 16 heavy (non-hydrogen) atoms. The standard InChI is InChI=1S/C10H9Cl2N3O/c1-6-3-13-9(16-6)5-15-10-8(12)2-7(11)4-14-10/h2-4H,5H2,1H3,(H,14,15). The van der Waals surface area contributed by atoms with E-state index in [1.165, 1.54) is 6.20 Å². The van der Waals surface area contributed by atoms with Crippen molar-refractivity contribution in [1.82, 2.24) is 9.97 Å². The fourth-order valence-electron chi connectivity index (χ4n) is 1.19. The van der Waals surface area contributed by atoms with E-state index in [9.17, 15) is 0 Å². The molecule has 2 heterocycles. The van der Waals surface area contributed by atoms with Gasteiger partial charge in [0.05, 0.1) is 22.8 Å². The van der Waals surface area contributed by atoms with E-state index < -0.39 is 0 Å². The van der Waals surface area contributed by atoms with Crippen molar-refractivity contribution in [2.75, 3.05) is 5.32 Å². The normalized spacial score (nSPS) is 10.4. The molecule has 0 fully saturated rings. The van der Waals surface area contributed by atoms with Crippen molar-refractivity contribution in [3.63, 3.8) is 0 Å². The van der Waals surface area contributed by atoms with Crippen LogP contribution in [0, 0.1) is 6.92 Å². The molecule has 0 aliphatic heterocycles. The summed E-state index contributed by atoms with van der Waals surface area (Å²) in [6.45, 7) is 2.27. The van der Waals surface area contributed by atoms with Gasteiger partial charge in [-0.05, 0) is 13.0 Å². The smallest absolute Gasteiger partial charge is 0.213 e. The van der Waals surface area contributed by atoms with Crippen LogP contribution in [0.15, 0.2) is 22.9 Å². The van der Waals surface area contributed by atoms with Crippen molar-refractivity contribution >= 4 is 29.0 Å². The molecule has 0 atom stereocenters. The predicted molar refractivity (Wildman–Crippen MR) is 62.8 cm³/mol. The largest absolute Gasteiger partial charge is 0.444 e. The molecule has 0 aromatic carbocycles. The molecule has 0 unspecified atom stereocenters. The summed E-state index contributed by atoms with van der Waals surface area (Å²) in [5.41, 5.74) is 0. The van der Waals surface area contributed by atoms with Gasteiger partial charge in [-0.1, -0.05) is 23.2 Å². The number of aryl methyl sites for hydroxylation is 1. The van der Waals surface area contributed by atoms with E-state index in [-0.39, 0.29) is 0 Å². The summed E-state index contributed by atoms with van der Waals surface area (Å²) < 4.78 is 5.30. The summed E-state index contributed by atoms with van der Waals surface area (Å²) in [6.07, 6.45) is 3.19. The van der Waals surface area contributed by atoms with Crippen molar-refractivity contribution in [3.8, 4) is 0 Å². The van der Waals surface area contributed by atoms with Gasteiger partial charge in [-0.15, -0.1) is 0 Å². The molecule has 0 saturated heterocycles. The van der Waals surface area contributed by atoms with E-state index >= 15 is 0 Å². The van der Waals surface area contributed by atoms with Crippen LogP contribution in [0.1, 0.15) is 11.7 Å². The van der Waals surface area contributed by atoms with Gasteiger partial charge in [-0.2, -0.15) is 0 Å². The van der Waals surface area contributed by atoms with Crippen LogP contribution in [0.3, 0.4) is 0 Å². The zero-order valence-electron chi connectivity index (χ0n) is 8.50. The van der Waals surface area contributed by atoms with Crippen LogP contribution in [-0.2, 0) is 6.54 Å². The fraction of sp³-hybridized carbons (Fsp3) is 0.200. The van der Waals surface area contributed by atoms with Gasteiger partial charge in [0.1, 0.15) is 11.6 Å². The number of nitrogens with zero attached hydrogens (tertiary/aromatic N) is 2. The number of hydrogen-bond donors (Lipinski definition) is 1. The lowest BCUT2D eigenvalue weighted by atomic mass is 10.4. The van der Waals surface area contributed by atoms with Crippen molar-refractivity contribution in [2.45, 2.75) is 13.5 Å². The van der Waals surface area contributed by atoms with Gasteiger partial charge >= 0.3 is 0 Å². The van der Waals surface area contributed by atoms with Crippen LogP contribution in [0.25, 0.3) is 0 Å². The van der Waals surface area contributed by atoms with Crippen LogP contribution >= 0.6 is 23.2 Å². The minimum Gasteiger partial charge on any atom is -0.444 e. The Hall–Kier alpha value is -1.26. The van der Waals surface area contributed by atoms with Crippen molar-refractivity contribution in [2.24, 2.45) is 0 Å². The molecule has 2 rings (SSSR count). The number of anilines is 1. The topological polar surface area (TPSA) is 51.0 Å². The van der Waals surface area contributed by atoms with Crippen LogP contribution in [-0.4, -0.2) is 9.97 Å². The number of aromatic nitrogens is 2. The van der Waals surface area contributed by atoms with Crippen LogP contribution in [0.2, 0.25) is 10.0 Å². The summed E-state index contributed by atoms with van der Waals surface area (Å²) in [7, 11) is 0. The highest BCUT2D eigenvalue weighted by Gasteiger charge is 2.04. The molecule has 4 nitrogen and oxygen atoms in total. The highest BCUT2D eigenvalue weighted by molar-refractivity contribution is 6.35. The second-order valence-electron chi connectivity index (χ2n) is 3.20. The summed E-state index contributed by atoms with van der Waals surface area (Å²) in [4.78, 5) is 8.11. The number of nitrogens with one attached hydrogen (secondary N) is 1. The minimum absolute atomic E-state index is 0.433. The highest BCUT2D eigenvalue weighted by Crippen LogP contribution is 2.22. The molecule has 0 saturated carbocycles. The maximum Gasteiger partial charge on any atom is 0.213 e. The third-order valence-electron chi connectivity index (χ3n) is 1.88. The van der Waals surface area contributed by atoms with Crippen LogP contribution < -0.4 is 5.32 Å². The van der Waals surface area contributed by atoms with E-state index in [0.29, 0.717) is 28.3 Å². The van der Waals surface area contributed by atoms with Crippen molar-refractivity contribution in [3.05, 3.63) is 40.2 Å². The molecule has 0 radical (unpaired) electrons. The van der Waals surface area contributed by atoms with Crippen LogP contribution in [0.4, 0.5) is 5.82 Å². The molecule has 1 N–H and O–H groups in total. The number of oxazole rings is 1. The maximum absolute atomic E-state index is 5.94. The van der Waals surface area contributed by atoms with E-state index in [4.69, 9.17) is 27.6 Å². The first-order chi connectivity index (χ1) is 7.65. The molecule has 0 bridgehead atoms. The molecule has 84 valence electrons. The molecule has 6 heteroatoms. The Morgan fingerprint density at radius 1 is 1.31 bits per heavy atom. The Balaban J connectivity index is 2.04. The number of halogens is 2. The highest BCUT2D eigenvalue weighted by atomic mass is 35.5. The van der Waals surface area contributed by atoms with E-state index in [2.05, 4.69) is 15.3 Å². The van der Waals surface area contributed by atoms with E-state index in [0.717, 1.165) is 5.76 Å². The van der Waals surface area contributed by atoms with E-state index in [1.54, 1.807) is 12.3 Å². The number of hydrogen-bond acceptors (Lipinski definition) is 4. The first-order valence-corrected chi connectivity index (χ1v) is 5.37. The summed E-state index contributed by atoms with van der Waals surface area (Å²) in [5.74, 6) is 1.92. The van der Waals surface area contributed by atoms with Gasteiger partial charge in [0, 0.05) is 6.20 Å². The van der Waals surface area contributed by atoms with Crippen molar-refractivity contribution < 1.29 is 4.42 Å².